The van der Waals surface area contributed by atoms with Crippen molar-refractivity contribution in [2.24, 2.45) is 7.05 Å². The van der Waals surface area contributed by atoms with Crippen LogP contribution in [-0.2, 0) is 7.05 Å². The van der Waals surface area contributed by atoms with Crippen LogP contribution in [0.5, 0.6) is 0 Å². The third kappa shape index (κ3) is 1.98. The van der Waals surface area contributed by atoms with Gasteiger partial charge in [0.1, 0.15) is 0 Å². The number of aromatic carboxylic acids is 1. The molecule has 0 saturated carbocycles. The molecule has 0 bridgehead atoms. The predicted octanol–water partition coefficient (Wildman–Crippen LogP) is 0.210. The van der Waals surface area contributed by atoms with Crippen LogP contribution in [0.2, 0.25) is 0 Å². The number of nitrogens with zero attached hydrogens (tertiary/aromatic N) is 3. The lowest BCUT2D eigenvalue weighted by Gasteiger charge is -2.13. The van der Waals surface area contributed by atoms with Gasteiger partial charge >= 0.3 is 5.97 Å². The highest BCUT2D eigenvalue weighted by Gasteiger charge is 2.23. The van der Waals surface area contributed by atoms with Crippen LogP contribution in [0.25, 0.3) is 0 Å². The molecule has 1 heterocycles. The van der Waals surface area contributed by atoms with E-state index < -0.39 is 5.97 Å². The highest BCUT2D eigenvalue weighted by Crippen LogP contribution is 2.09. The van der Waals surface area contributed by atoms with Crippen LogP contribution < -0.4 is 0 Å². The van der Waals surface area contributed by atoms with E-state index in [1.165, 1.54) is 22.8 Å². The molecule has 0 spiro atoms. The summed E-state index contributed by atoms with van der Waals surface area (Å²) >= 11 is 0. The van der Waals surface area contributed by atoms with E-state index in [1.807, 2.05) is 6.92 Å². The molecular formula is C9H13N3O3. The third-order valence-electron chi connectivity index (χ3n) is 2.19. The van der Waals surface area contributed by atoms with E-state index in [1.54, 1.807) is 7.05 Å². The fourth-order valence-corrected chi connectivity index (χ4v) is 1.20. The van der Waals surface area contributed by atoms with E-state index in [9.17, 15) is 9.59 Å². The van der Waals surface area contributed by atoms with Gasteiger partial charge in [-0.1, -0.05) is 0 Å². The number of aryl methyl sites for hydroxylation is 1. The molecule has 0 aliphatic rings. The van der Waals surface area contributed by atoms with Gasteiger partial charge in [0.25, 0.3) is 5.91 Å². The van der Waals surface area contributed by atoms with Crippen molar-refractivity contribution in [1.82, 2.24) is 14.7 Å². The van der Waals surface area contributed by atoms with Crippen LogP contribution in [0.15, 0.2) is 6.20 Å². The Morgan fingerprint density at radius 3 is 2.67 bits per heavy atom. The molecule has 0 atom stereocenters. The Labute approximate surface area is 87.1 Å². The SMILES string of the molecule is CCN(C)C(=O)c1cnn(C)c1C(=O)O. The van der Waals surface area contributed by atoms with Crippen LogP contribution in [0.3, 0.4) is 0 Å². The molecule has 0 unspecified atom stereocenters. The van der Waals surface area contributed by atoms with Gasteiger partial charge in [-0.25, -0.2) is 4.79 Å². The predicted molar refractivity (Wildman–Crippen MR) is 52.8 cm³/mol. The number of carboxylic acid groups (broad SMARTS) is 1. The maximum absolute atomic E-state index is 11.7. The highest BCUT2D eigenvalue weighted by atomic mass is 16.4. The molecular weight excluding hydrogens is 198 g/mol. The van der Waals surface area contributed by atoms with Crippen LogP contribution in [-0.4, -0.2) is 45.3 Å². The minimum Gasteiger partial charge on any atom is -0.477 e. The molecule has 1 N–H and O–H groups in total. The Hall–Kier alpha value is -1.85. The molecule has 1 rings (SSSR count). The van der Waals surface area contributed by atoms with Crippen LogP contribution in [0, 0.1) is 0 Å². The minimum atomic E-state index is -1.15. The summed E-state index contributed by atoms with van der Waals surface area (Å²) in [6.07, 6.45) is 1.28. The first-order valence-electron chi connectivity index (χ1n) is 4.49. The number of carbonyl (C=O) groups is 2. The van der Waals surface area contributed by atoms with Crippen molar-refractivity contribution in [3.05, 3.63) is 17.5 Å². The number of aromatic nitrogens is 2. The van der Waals surface area contributed by atoms with E-state index >= 15 is 0 Å². The number of hydrogen-bond donors (Lipinski definition) is 1. The molecule has 15 heavy (non-hydrogen) atoms. The summed E-state index contributed by atoms with van der Waals surface area (Å²) in [6, 6.07) is 0. The standard InChI is InChI=1S/C9H13N3O3/c1-4-11(2)8(13)6-5-10-12(3)7(6)9(14)15/h5H,4H2,1-3H3,(H,14,15). The van der Waals surface area contributed by atoms with Gasteiger partial charge < -0.3 is 10.0 Å². The second-order valence-electron chi connectivity index (χ2n) is 3.15. The first kappa shape index (κ1) is 11.2. The van der Waals surface area contributed by atoms with Crippen LogP contribution >= 0.6 is 0 Å². The zero-order valence-corrected chi connectivity index (χ0v) is 8.89. The summed E-state index contributed by atoms with van der Waals surface area (Å²) < 4.78 is 1.18. The fraction of sp³-hybridized carbons (Fsp3) is 0.444. The van der Waals surface area contributed by atoms with E-state index in [0.29, 0.717) is 6.54 Å². The lowest BCUT2D eigenvalue weighted by atomic mass is 10.2. The Kier molecular flexibility index (Phi) is 3.08. The Bertz CT molecular complexity index is 397. The van der Waals surface area contributed by atoms with Crippen molar-refractivity contribution in [2.75, 3.05) is 13.6 Å². The summed E-state index contributed by atoms with van der Waals surface area (Å²) in [7, 11) is 3.10. The van der Waals surface area contributed by atoms with Gasteiger partial charge in [-0.3, -0.25) is 9.48 Å². The molecule has 6 nitrogen and oxygen atoms in total. The highest BCUT2D eigenvalue weighted by molar-refractivity contribution is 6.03. The number of carboxylic acids is 1. The van der Waals surface area contributed by atoms with Crippen LogP contribution in [0.4, 0.5) is 0 Å². The molecule has 6 heteroatoms. The normalized spacial score (nSPS) is 10.1. The number of amides is 1. The first-order chi connectivity index (χ1) is 6.99. The zero-order chi connectivity index (χ0) is 11.6. The topological polar surface area (TPSA) is 75.4 Å². The van der Waals surface area contributed by atoms with Gasteiger partial charge in [0.2, 0.25) is 0 Å². The fourth-order valence-electron chi connectivity index (χ4n) is 1.20. The summed E-state index contributed by atoms with van der Waals surface area (Å²) in [4.78, 5) is 24.0. The van der Waals surface area contributed by atoms with Gasteiger partial charge in [0, 0.05) is 20.6 Å². The Morgan fingerprint density at radius 1 is 1.60 bits per heavy atom. The van der Waals surface area contributed by atoms with Gasteiger partial charge in [0.05, 0.1) is 11.8 Å². The largest absolute Gasteiger partial charge is 0.477 e. The Balaban J connectivity index is 3.15. The summed E-state index contributed by atoms with van der Waals surface area (Å²) in [5, 5.41) is 12.7. The number of rotatable bonds is 3. The Morgan fingerprint density at radius 2 is 2.20 bits per heavy atom. The summed E-state index contributed by atoms with van der Waals surface area (Å²) in [6.45, 7) is 2.33. The average Bonchev–Trinajstić information content (AvgIpc) is 2.57. The van der Waals surface area contributed by atoms with Crippen molar-refractivity contribution in [2.45, 2.75) is 6.92 Å². The lowest BCUT2D eigenvalue weighted by Crippen LogP contribution is -2.27. The van der Waals surface area contributed by atoms with Gasteiger partial charge in [-0.15, -0.1) is 0 Å². The molecule has 0 saturated heterocycles. The second-order valence-corrected chi connectivity index (χ2v) is 3.15. The van der Waals surface area contributed by atoms with Crippen molar-refractivity contribution < 1.29 is 14.7 Å². The monoisotopic (exact) mass is 211 g/mol. The number of carbonyl (C=O) groups excluding carboxylic acids is 1. The quantitative estimate of drug-likeness (QED) is 0.775. The van der Waals surface area contributed by atoms with Crippen LogP contribution in [0.1, 0.15) is 27.8 Å². The smallest absolute Gasteiger partial charge is 0.354 e. The molecule has 0 aliphatic carbocycles. The molecule has 1 amide bonds. The summed E-state index contributed by atoms with van der Waals surface area (Å²) in [5.74, 6) is -1.48. The van der Waals surface area contributed by atoms with Crippen molar-refractivity contribution in [1.29, 1.82) is 0 Å². The molecule has 0 fully saturated rings. The van der Waals surface area contributed by atoms with Crippen molar-refractivity contribution in [3.63, 3.8) is 0 Å². The molecule has 1 aromatic rings. The lowest BCUT2D eigenvalue weighted by molar-refractivity contribution is 0.0671. The second kappa shape index (κ2) is 4.12. The van der Waals surface area contributed by atoms with E-state index in [-0.39, 0.29) is 17.2 Å². The van der Waals surface area contributed by atoms with Gasteiger partial charge in [-0.05, 0) is 6.92 Å². The maximum atomic E-state index is 11.7. The number of hydrogen-bond acceptors (Lipinski definition) is 3. The maximum Gasteiger partial charge on any atom is 0.354 e. The van der Waals surface area contributed by atoms with E-state index in [4.69, 9.17) is 5.11 Å². The molecule has 0 radical (unpaired) electrons. The van der Waals surface area contributed by atoms with E-state index in [0.717, 1.165) is 0 Å². The molecule has 0 aromatic carbocycles. The van der Waals surface area contributed by atoms with Crippen molar-refractivity contribution in [3.8, 4) is 0 Å². The van der Waals surface area contributed by atoms with Gasteiger partial charge in [0.15, 0.2) is 5.69 Å². The zero-order valence-electron chi connectivity index (χ0n) is 8.89. The van der Waals surface area contributed by atoms with Crippen molar-refractivity contribution >= 4 is 11.9 Å². The minimum absolute atomic E-state index is 0.0831. The van der Waals surface area contributed by atoms with Gasteiger partial charge in [-0.2, -0.15) is 5.10 Å². The first-order valence-corrected chi connectivity index (χ1v) is 4.49. The molecule has 1 aromatic heterocycles. The summed E-state index contributed by atoms with van der Waals surface area (Å²) in [5.41, 5.74) is 0.0367. The average molecular weight is 211 g/mol. The molecule has 82 valence electrons. The molecule has 0 aliphatic heterocycles. The van der Waals surface area contributed by atoms with E-state index in [2.05, 4.69) is 5.10 Å². The third-order valence-corrected chi connectivity index (χ3v) is 2.19.